The van der Waals surface area contributed by atoms with Gasteiger partial charge in [0, 0.05) is 21.2 Å². The number of hydrogen-bond donors (Lipinski definition) is 0. The Hall–Kier alpha value is -6.22. The van der Waals surface area contributed by atoms with Crippen molar-refractivity contribution in [3.8, 4) is 0 Å². The molecule has 3 aromatic carbocycles. The summed E-state index contributed by atoms with van der Waals surface area (Å²) < 4.78 is 9.32. The van der Waals surface area contributed by atoms with Gasteiger partial charge in [0.15, 0.2) is 0 Å². The first-order valence-electron chi connectivity index (χ1n) is 16.5. The van der Waals surface area contributed by atoms with Gasteiger partial charge >= 0.3 is 0 Å². The Morgan fingerprint density at radius 1 is 0.750 bits per heavy atom. The number of amidine groups is 4. The van der Waals surface area contributed by atoms with Gasteiger partial charge < -0.3 is 4.90 Å². The highest BCUT2D eigenvalue weighted by Crippen LogP contribution is 2.46. The zero-order valence-electron chi connectivity index (χ0n) is 26.0. The predicted molar refractivity (Wildman–Crippen MR) is 184 cm³/mol. The van der Waals surface area contributed by atoms with Crippen LogP contribution in [0.4, 0.5) is 11.6 Å². The topological polar surface area (TPSA) is 68.6 Å². The van der Waals surface area contributed by atoms with E-state index in [1.807, 2.05) is 6.20 Å². The molecule has 2 atom stereocenters. The first-order chi connectivity index (χ1) is 23.7. The third-order valence-corrected chi connectivity index (χ3v) is 10.9. The van der Waals surface area contributed by atoms with Gasteiger partial charge in [-0.3, -0.25) is 4.57 Å². The monoisotopic (exact) mass is 621 g/mol. The quantitative estimate of drug-likeness (QED) is 0.265. The van der Waals surface area contributed by atoms with Crippen LogP contribution >= 0.6 is 0 Å². The van der Waals surface area contributed by atoms with Gasteiger partial charge in [-0.05, 0) is 56.0 Å². The molecule has 2 aromatic heterocycles. The van der Waals surface area contributed by atoms with Gasteiger partial charge in [0.05, 0.1) is 22.3 Å². The Kier molecular flexibility index (Phi) is 4.35. The molecule has 0 saturated carbocycles. The molecule has 7 aliphatic rings. The molecule has 1 aliphatic carbocycles. The van der Waals surface area contributed by atoms with Crippen LogP contribution in [0, 0.1) is 0 Å². The third kappa shape index (κ3) is 2.74. The Morgan fingerprint density at radius 3 is 2.21 bits per heavy atom. The molecule has 0 spiro atoms. The third-order valence-electron chi connectivity index (χ3n) is 10.9. The van der Waals surface area contributed by atoms with Gasteiger partial charge in [0.25, 0.3) is 23.3 Å². The normalized spacial score (nSPS) is 21.4. The first kappa shape index (κ1) is 24.9. The van der Waals surface area contributed by atoms with Crippen molar-refractivity contribution < 1.29 is 9.15 Å². The molecule has 0 amide bonds. The van der Waals surface area contributed by atoms with Crippen molar-refractivity contribution in [2.75, 3.05) is 6.54 Å². The second-order valence-corrected chi connectivity index (χ2v) is 13.2. The summed E-state index contributed by atoms with van der Waals surface area (Å²) in [4.78, 5) is 24.8. The minimum atomic E-state index is -0.374. The summed E-state index contributed by atoms with van der Waals surface area (Å²) in [5.74, 6) is 5.35. The van der Waals surface area contributed by atoms with Crippen molar-refractivity contribution in [2.45, 2.75) is 25.8 Å². The molecule has 2 unspecified atom stereocenters. The number of aliphatic imine (C=N–C) groups is 2. The fourth-order valence-electron chi connectivity index (χ4n) is 8.84. The molecule has 6 aliphatic heterocycles. The van der Waals surface area contributed by atoms with E-state index in [-0.39, 0.29) is 12.5 Å². The minimum Gasteiger partial charge on any atom is -0.304 e. The summed E-state index contributed by atoms with van der Waals surface area (Å²) >= 11 is 0. The molecule has 3 bridgehead atoms. The standard InChI is InChI=1S/C39H27N9/c1-3-44-29-20-45-31-22-13-6-7-14-23(22)32(45)41-35-26-17-10-11-18-27(26)36-42-37-28-19-5-4-12-21(2)30(28)38(48(37)39(44)47(35)36)43-34-25-16-9-8-15-24(25)33(40-31)46(29)34/h3-11,13-19,29,39H,1,12,20H2,2H3/q+2. The lowest BCUT2D eigenvalue weighted by atomic mass is 10.1. The van der Waals surface area contributed by atoms with Gasteiger partial charge in [0.1, 0.15) is 24.0 Å². The largest absolute Gasteiger partial charge is 0.304 e. The summed E-state index contributed by atoms with van der Waals surface area (Å²) in [6, 6.07) is 25.6. The Morgan fingerprint density at radius 2 is 1.44 bits per heavy atom. The second-order valence-electron chi connectivity index (χ2n) is 13.2. The van der Waals surface area contributed by atoms with E-state index in [2.05, 4.69) is 128 Å². The van der Waals surface area contributed by atoms with Gasteiger partial charge in [-0.2, -0.15) is 4.58 Å². The maximum atomic E-state index is 5.72. The van der Waals surface area contributed by atoms with Crippen molar-refractivity contribution in [3.05, 3.63) is 141 Å². The smallest absolute Gasteiger partial charge is 0.278 e. The number of hydrogen-bond acceptors (Lipinski definition) is 5. The van der Waals surface area contributed by atoms with Gasteiger partial charge in [-0.15, -0.1) is 0 Å². The summed E-state index contributed by atoms with van der Waals surface area (Å²) in [6.45, 7) is 7.33. The van der Waals surface area contributed by atoms with Gasteiger partial charge in [-0.25, -0.2) is 14.1 Å². The molecule has 0 saturated heterocycles. The van der Waals surface area contributed by atoms with Crippen LogP contribution in [-0.2, 0) is 0 Å². The molecule has 8 heterocycles. The van der Waals surface area contributed by atoms with Crippen LogP contribution in [-0.4, -0.2) is 53.1 Å². The van der Waals surface area contributed by atoms with E-state index in [1.54, 1.807) is 0 Å². The Labute approximate surface area is 273 Å². The number of fused-ring (bicyclic) bond motifs is 12. The fourth-order valence-corrected chi connectivity index (χ4v) is 8.84. The number of allylic oxidation sites excluding steroid dienone is 2. The summed E-state index contributed by atoms with van der Waals surface area (Å²) in [7, 11) is 0. The summed E-state index contributed by atoms with van der Waals surface area (Å²) in [5.41, 5.74) is 7.35. The van der Waals surface area contributed by atoms with E-state index in [1.165, 1.54) is 5.57 Å². The van der Waals surface area contributed by atoms with Crippen LogP contribution in [0.1, 0.15) is 48.1 Å². The lowest BCUT2D eigenvalue weighted by Crippen LogP contribution is -2.54. The van der Waals surface area contributed by atoms with Crippen molar-refractivity contribution in [2.24, 2.45) is 20.0 Å². The van der Waals surface area contributed by atoms with Crippen LogP contribution in [0.3, 0.4) is 0 Å². The number of rotatable bonds is 1. The van der Waals surface area contributed by atoms with Crippen LogP contribution in [0.5, 0.6) is 0 Å². The molecule has 0 radical (unpaired) electrons. The highest BCUT2D eigenvalue weighted by atomic mass is 15.5. The van der Waals surface area contributed by atoms with Crippen molar-refractivity contribution in [1.82, 2.24) is 14.0 Å². The molecule has 0 N–H and O–H groups in total. The molecular formula is C39H27N9+2. The molecule has 5 aromatic rings. The van der Waals surface area contributed by atoms with Crippen molar-refractivity contribution in [1.29, 1.82) is 0 Å². The Balaban J connectivity index is 1.39. The predicted octanol–water partition coefficient (Wildman–Crippen LogP) is 3.45. The lowest BCUT2D eigenvalue weighted by Gasteiger charge is -2.38. The molecular weight excluding hydrogens is 594 g/mol. The van der Waals surface area contributed by atoms with Crippen LogP contribution < -0.4 is 21.4 Å². The SMILES string of the molecule is C=CN1C2C[N+]3=C4N=C5c6ccccc6C6=[N+]5C1n1c(c5c(c1=Nc1c7ccccc7c(n12)N=C3c1ccccc14)=C(C)CC=CC=5)=N6. The van der Waals surface area contributed by atoms with Crippen LogP contribution in [0.25, 0.3) is 22.4 Å². The van der Waals surface area contributed by atoms with Crippen LogP contribution in [0.2, 0.25) is 0 Å². The molecule has 226 valence electrons. The van der Waals surface area contributed by atoms with Gasteiger partial charge in [0.2, 0.25) is 17.6 Å². The number of aromatic nitrogens is 2. The van der Waals surface area contributed by atoms with Gasteiger partial charge in [-0.1, -0.05) is 81.7 Å². The first-order valence-corrected chi connectivity index (χ1v) is 16.5. The fraction of sp³-hybridized carbons (Fsp3) is 0.128. The molecule has 12 rings (SSSR count). The van der Waals surface area contributed by atoms with E-state index in [9.17, 15) is 0 Å². The van der Waals surface area contributed by atoms with Crippen molar-refractivity contribution >= 4 is 57.4 Å². The molecule has 9 heteroatoms. The molecule has 0 fully saturated rings. The maximum Gasteiger partial charge on any atom is 0.278 e. The van der Waals surface area contributed by atoms with E-state index < -0.39 is 0 Å². The Bertz CT molecular complexity index is 2890. The highest BCUT2D eigenvalue weighted by Gasteiger charge is 2.51. The second kappa shape index (κ2) is 8.38. The highest BCUT2D eigenvalue weighted by molar-refractivity contribution is 6.22. The number of benzene rings is 3. The lowest BCUT2D eigenvalue weighted by molar-refractivity contribution is -0.524. The minimum absolute atomic E-state index is 0.228. The zero-order valence-corrected chi connectivity index (χ0v) is 26.0. The average Bonchev–Trinajstić information content (AvgIpc) is 3.70. The van der Waals surface area contributed by atoms with Crippen LogP contribution in [0.15, 0.2) is 118 Å². The van der Waals surface area contributed by atoms with E-state index in [0.717, 1.165) is 95.8 Å². The van der Waals surface area contributed by atoms with Crippen molar-refractivity contribution in [3.63, 3.8) is 0 Å². The average molecular weight is 622 g/mol. The zero-order chi connectivity index (χ0) is 31.4. The summed E-state index contributed by atoms with van der Waals surface area (Å²) in [6.07, 6.45) is 8.83. The van der Waals surface area contributed by atoms with E-state index in [0.29, 0.717) is 6.54 Å². The molecule has 48 heavy (non-hydrogen) atoms. The van der Waals surface area contributed by atoms with E-state index in [4.69, 9.17) is 20.0 Å². The number of nitrogens with zero attached hydrogens (tertiary/aromatic N) is 9. The molecule has 9 nitrogen and oxygen atoms in total. The summed E-state index contributed by atoms with van der Waals surface area (Å²) in [5, 5.41) is 4.38. The maximum absolute atomic E-state index is 5.72. The van der Waals surface area contributed by atoms with E-state index >= 15 is 0 Å².